The van der Waals surface area contributed by atoms with Crippen molar-refractivity contribution < 1.29 is 9.53 Å². The number of benzene rings is 2. The van der Waals surface area contributed by atoms with Gasteiger partial charge >= 0.3 is 0 Å². The summed E-state index contributed by atoms with van der Waals surface area (Å²) in [6, 6.07) is 24.6. The molecule has 2 aromatic carbocycles. The first-order valence-electron chi connectivity index (χ1n) is 10.7. The highest BCUT2D eigenvalue weighted by Crippen LogP contribution is 2.30. The molecule has 0 aliphatic carbocycles. The molecule has 0 saturated carbocycles. The van der Waals surface area contributed by atoms with Crippen LogP contribution in [0.2, 0.25) is 0 Å². The van der Waals surface area contributed by atoms with Gasteiger partial charge in [-0.2, -0.15) is 0 Å². The molecule has 3 aromatic rings. The average molecular weight is 416 g/mol. The van der Waals surface area contributed by atoms with Crippen molar-refractivity contribution in [2.24, 2.45) is 0 Å². The third-order valence-electron chi connectivity index (χ3n) is 5.82. The SMILES string of the molecule is CNC(=O)[C@@]1(Cc2ccccc2-c2ccccc2)CN(Cc2cccc(C)n2)CCO1. The van der Waals surface area contributed by atoms with Crippen molar-refractivity contribution >= 4 is 5.91 Å². The average Bonchev–Trinajstić information content (AvgIpc) is 2.80. The molecule has 0 spiro atoms. The molecule has 5 heteroatoms. The number of nitrogens with zero attached hydrogens (tertiary/aromatic N) is 2. The Morgan fingerprint density at radius 1 is 1.06 bits per heavy atom. The van der Waals surface area contributed by atoms with E-state index in [1.54, 1.807) is 7.05 Å². The molecule has 5 nitrogen and oxygen atoms in total. The Hall–Kier alpha value is -3.02. The summed E-state index contributed by atoms with van der Waals surface area (Å²) < 4.78 is 6.23. The molecule has 1 aromatic heterocycles. The molecule has 1 aliphatic heterocycles. The second kappa shape index (κ2) is 9.41. The first-order chi connectivity index (χ1) is 15.1. The number of nitrogens with one attached hydrogen (secondary N) is 1. The van der Waals surface area contributed by atoms with Gasteiger partial charge in [0.15, 0.2) is 5.60 Å². The summed E-state index contributed by atoms with van der Waals surface area (Å²) in [5.41, 5.74) is 4.45. The number of morpholine rings is 1. The Bertz CT molecular complexity index is 1040. The topological polar surface area (TPSA) is 54.5 Å². The predicted molar refractivity (Wildman–Crippen MR) is 123 cm³/mol. The van der Waals surface area contributed by atoms with E-state index in [2.05, 4.69) is 39.5 Å². The van der Waals surface area contributed by atoms with Crippen molar-refractivity contribution in [2.45, 2.75) is 25.5 Å². The standard InChI is InChI=1S/C26H29N3O2/c1-20-9-8-13-23(28-20)18-29-15-16-31-26(19-29,25(30)27-2)17-22-12-6-7-14-24(22)21-10-4-3-5-11-21/h3-14H,15-19H2,1-2H3,(H,27,30)/t26-/m1/s1. The molecule has 0 bridgehead atoms. The maximum absolute atomic E-state index is 13.1. The predicted octanol–water partition coefficient (Wildman–Crippen LogP) is 3.62. The lowest BCUT2D eigenvalue weighted by Crippen LogP contribution is -2.60. The van der Waals surface area contributed by atoms with E-state index in [4.69, 9.17) is 4.74 Å². The molecule has 1 amide bonds. The number of hydrogen-bond donors (Lipinski definition) is 1. The third-order valence-corrected chi connectivity index (χ3v) is 5.82. The normalized spacial score (nSPS) is 19.2. The largest absolute Gasteiger partial charge is 0.362 e. The first-order valence-corrected chi connectivity index (χ1v) is 10.7. The zero-order valence-electron chi connectivity index (χ0n) is 18.2. The lowest BCUT2D eigenvalue weighted by Gasteiger charge is -2.41. The van der Waals surface area contributed by atoms with Crippen molar-refractivity contribution in [3.05, 3.63) is 89.7 Å². The minimum absolute atomic E-state index is 0.0859. The summed E-state index contributed by atoms with van der Waals surface area (Å²) in [6.45, 7) is 4.50. The highest BCUT2D eigenvalue weighted by Gasteiger charge is 2.43. The highest BCUT2D eigenvalue weighted by molar-refractivity contribution is 5.86. The highest BCUT2D eigenvalue weighted by atomic mass is 16.5. The summed E-state index contributed by atoms with van der Waals surface area (Å²) in [5.74, 6) is -0.0859. The Morgan fingerprint density at radius 2 is 1.84 bits per heavy atom. The zero-order chi connectivity index (χ0) is 21.7. The number of rotatable bonds is 6. The molecule has 2 heterocycles. The monoisotopic (exact) mass is 415 g/mol. The Balaban J connectivity index is 1.63. The van der Waals surface area contributed by atoms with E-state index in [1.807, 2.05) is 55.5 Å². The van der Waals surface area contributed by atoms with Gasteiger partial charge in [-0.1, -0.05) is 60.7 Å². The van der Waals surface area contributed by atoms with E-state index in [9.17, 15) is 4.79 Å². The number of pyridine rings is 1. The van der Waals surface area contributed by atoms with Crippen LogP contribution >= 0.6 is 0 Å². The molecule has 160 valence electrons. The molecule has 0 radical (unpaired) electrons. The van der Waals surface area contributed by atoms with E-state index in [0.29, 0.717) is 26.1 Å². The van der Waals surface area contributed by atoms with Crippen molar-refractivity contribution in [3.63, 3.8) is 0 Å². The summed E-state index contributed by atoms with van der Waals surface area (Å²) in [7, 11) is 1.68. The fourth-order valence-corrected chi connectivity index (χ4v) is 4.34. The minimum atomic E-state index is -0.943. The molecule has 0 unspecified atom stereocenters. The molecule has 1 atom stereocenters. The molecule has 4 rings (SSSR count). The van der Waals surface area contributed by atoms with Crippen LogP contribution in [0.3, 0.4) is 0 Å². The van der Waals surface area contributed by atoms with E-state index in [0.717, 1.165) is 34.6 Å². The van der Waals surface area contributed by atoms with Crippen LogP contribution in [0.25, 0.3) is 11.1 Å². The van der Waals surface area contributed by atoms with Crippen LogP contribution in [0.1, 0.15) is 17.0 Å². The Morgan fingerprint density at radius 3 is 2.61 bits per heavy atom. The van der Waals surface area contributed by atoms with Gasteiger partial charge in [0.2, 0.25) is 0 Å². The van der Waals surface area contributed by atoms with Gasteiger partial charge in [-0.15, -0.1) is 0 Å². The number of aromatic nitrogens is 1. The number of carbonyl (C=O) groups excluding carboxylic acids is 1. The Kier molecular flexibility index (Phi) is 6.44. The lowest BCUT2D eigenvalue weighted by atomic mass is 9.87. The van der Waals surface area contributed by atoms with Gasteiger partial charge in [0.1, 0.15) is 0 Å². The van der Waals surface area contributed by atoms with Crippen LogP contribution in [-0.2, 0) is 22.5 Å². The second-order valence-corrected chi connectivity index (χ2v) is 8.10. The van der Waals surface area contributed by atoms with Crippen LogP contribution < -0.4 is 5.32 Å². The second-order valence-electron chi connectivity index (χ2n) is 8.10. The van der Waals surface area contributed by atoms with E-state index in [1.165, 1.54) is 0 Å². The number of likely N-dealkylation sites (N-methyl/N-ethyl adjacent to an activating group) is 1. The Labute approximate surface area is 184 Å². The smallest absolute Gasteiger partial charge is 0.253 e. The quantitative estimate of drug-likeness (QED) is 0.668. The number of ether oxygens (including phenoxy) is 1. The maximum atomic E-state index is 13.1. The fraction of sp³-hybridized carbons (Fsp3) is 0.308. The lowest BCUT2D eigenvalue weighted by molar-refractivity contribution is -0.160. The van der Waals surface area contributed by atoms with Crippen molar-refractivity contribution in [2.75, 3.05) is 26.7 Å². The maximum Gasteiger partial charge on any atom is 0.253 e. The summed E-state index contributed by atoms with van der Waals surface area (Å²) in [4.78, 5) is 20.0. The van der Waals surface area contributed by atoms with Gasteiger partial charge < -0.3 is 10.1 Å². The van der Waals surface area contributed by atoms with Crippen LogP contribution in [0.15, 0.2) is 72.8 Å². The molecule has 31 heavy (non-hydrogen) atoms. The van der Waals surface area contributed by atoms with Crippen LogP contribution in [0, 0.1) is 6.92 Å². The number of hydrogen-bond acceptors (Lipinski definition) is 4. The molecule has 1 fully saturated rings. The van der Waals surface area contributed by atoms with Gasteiger partial charge in [0.05, 0.1) is 12.3 Å². The van der Waals surface area contributed by atoms with Gasteiger partial charge in [-0.3, -0.25) is 14.7 Å². The van der Waals surface area contributed by atoms with Crippen LogP contribution in [0.5, 0.6) is 0 Å². The molecule has 1 saturated heterocycles. The molecular formula is C26H29N3O2. The summed E-state index contributed by atoms with van der Waals surface area (Å²) >= 11 is 0. The van der Waals surface area contributed by atoms with Gasteiger partial charge in [0, 0.05) is 38.8 Å². The molecule has 1 N–H and O–H groups in total. The van der Waals surface area contributed by atoms with E-state index >= 15 is 0 Å². The van der Waals surface area contributed by atoms with Gasteiger partial charge in [-0.25, -0.2) is 0 Å². The molecular weight excluding hydrogens is 386 g/mol. The summed E-state index contributed by atoms with van der Waals surface area (Å²) in [5, 5.41) is 2.84. The fourth-order valence-electron chi connectivity index (χ4n) is 4.34. The molecule has 1 aliphatic rings. The minimum Gasteiger partial charge on any atom is -0.362 e. The van der Waals surface area contributed by atoms with Crippen molar-refractivity contribution in [3.8, 4) is 11.1 Å². The first kappa shape index (κ1) is 21.2. The van der Waals surface area contributed by atoms with Crippen LogP contribution in [0.4, 0.5) is 0 Å². The zero-order valence-corrected chi connectivity index (χ0v) is 18.2. The third kappa shape index (κ3) is 4.84. The van der Waals surface area contributed by atoms with E-state index < -0.39 is 5.60 Å². The van der Waals surface area contributed by atoms with E-state index in [-0.39, 0.29) is 5.91 Å². The van der Waals surface area contributed by atoms with Crippen molar-refractivity contribution in [1.82, 2.24) is 15.2 Å². The van der Waals surface area contributed by atoms with Gasteiger partial charge in [-0.05, 0) is 35.7 Å². The number of amides is 1. The van der Waals surface area contributed by atoms with Crippen molar-refractivity contribution in [1.29, 1.82) is 0 Å². The number of aryl methyl sites for hydroxylation is 1. The van der Waals surface area contributed by atoms with Crippen LogP contribution in [-0.4, -0.2) is 48.1 Å². The summed E-state index contributed by atoms with van der Waals surface area (Å²) in [6.07, 6.45) is 0.509. The van der Waals surface area contributed by atoms with Gasteiger partial charge in [0.25, 0.3) is 5.91 Å². The number of carbonyl (C=O) groups is 1.